The minimum atomic E-state index is -0.376. The predicted molar refractivity (Wildman–Crippen MR) is 149 cm³/mol. The van der Waals surface area contributed by atoms with E-state index in [-0.39, 0.29) is 12.0 Å². The third kappa shape index (κ3) is 7.37. The lowest BCUT2D eigenvalue weighted by Crippen LogP contribution is -2.36. The van der Waals surface area contributed by atoms with Gasteiger partial charge in [-0.05, 0) is 51.7 Å². The number of para-hydroxylation sites is 2. The summed E-state index contributed by atoms with van der Waals surface area (Å²) in [5.41, 5.74) is 4.01. The summed E-state index contributed by atoms with van der Waals surface area (Å²) in [6.45, 7) is 11.0. The second kappa shape index (κ2) is 14.3. The molecule has 1 amide bonds. The molecule has 3 heterocycles. The number of anilines is 2. The SMILES string of the molecule is C1CCOC1.CC=Cc1cccc2c1OC(CC)C(=O)N2.CC=Cc1cccc2c1OC(CC)CN2. The Bertz CT molecular complexity index is 1040. The molecule has 36 heavy (non-hydrogen) atoms. The van der Waals surface area contributed by atoms with E-state index in [9.17, 15) is 4.79 Å². The molecular formula is C30H40N2O4. The Labute approximate surface area is 215 Å². The maximum Gasteiger partial charge on any atom is 0.265 e. The summed E-state index contributed by atoms with van der Waals surface area (Å²) in [5.74, 6) is 1.70. The molecule has 2 N–H and O–H groups in total. The molecule has 2 aromatic carbocycles. The molecular weight excluding hydrogens is 452 g/mol. The summed E-state index contributed by atoms with van der Waals surface area (Å²) in [4.78, 5) is 11.6. The van der Waals surface area contributed by atoms with Crippen molar-refractivity contribution < 1.29 is 19.0 Å². The maximum atomic E-state index is 11.6. The molecule has 2 unspecified atom stereocenters. The van der Waals surface area contributed by atoms with E-state index >= 15 is 0 Å². The van der Waals surface area contributed by atoms with Gasteiger partial charge in [0.15, 0.2) is 11.9 Å². The van der Waals surface area contributed by atoms with Crippen LogP contribution in [0.4, 0.5) is 11.4 Å². The van der Waals surface area contributed by atoms with Crippen LogP contribution in [0.5, 0.6) is 11.5 Å². The highest BCUT2D eigenvalue weighted by molar-refractivity contribution is 5.98. The Balaban J connectivity index is 0.000000168. The largest absolute Gasteiger partial charge is 0.486 e. The van der Waals surface area contributed by atoms with Gasteiger partial charge in [0.2, 0.25) is 0 Å². The van der Waals surface area contributed by atoms with Crippen LogP contribution in [-0.2, 0) is 9.53 Å². The third-order valence-corrected chi connectivity index (χ3v) is 6.05. The zero-order valence-electron chi connectivity index (χ0n) is 22.0. The Kier molecular flexibility index (Phi) is 10.9. The summed E-state index contributed by atoms with van der Waals surface area (Å²) in [5, 5.41) is 6.27. The first kappa shape index (κ1) is 27.3. The molecule has 3 aliphatic rings. The molecule has 0 saturated carbocycles. The number of nitrogens with one attached hydrogen (secondary N) is 2. The number of benzene rings is 2. The molecule has 2 atom stereocenters. The molecule has 0 radical (unpaired) electrons. The van der Waals surface area contributed by atoms with Gasteiger partial charge in [-0.1, -0.05) is 62.4 Å². The fourth-order valence-electron chi connectivity index (χ4n) is 4.08. The number of allylic oxidation sites excluding steroid dienone is 2. The molecule has 0 aromatic heterocycles. The van der Waals surface area contributed by atoms with Crippen molar-refractivity contribution in [3.8, 4) is 11.5 Å². The Morgan fingerprint density at radius 3 is 2.00 bits per heavy atom. The van der Waals surface area contributed by atoms with Crippen molar-refractivity contribution in [3.05, 3.63) is 59.7 Å². The van der Waals surface area contributed by atoms with Crippen LogP contribution in [0.2, 0.25) is 0 Å². The zero-order chi connectivity index (χ0) is 25.8. The van der Waals surface area contributed by atoms with Crippen LogP contribution in [-0.4, -0.2) is 37.9 Å². The summed E-state index contributed by atoms with van der Waals surface area (Å²) < 4.78 is 16.6. The normalized spacial score (nSPS) is 19.9. The summed E-state index contributed by atoms with van der Waals surface area (Å²) in [6, 6.07) is 11.9. The fraction of sp³-hybridized carbons (Fsp3) is 0.433. The third-order valence-electron chi connectivity index (χ3n) is 6.05. The summed E-state index contributed by atoms with van der Waals surface area (Å²) >= 11 is 0. The van der Waals surface area contributed by atoms with Crippen molar-refractivity contribution in [1.29, 1.82) is 0 Å². The fourth-order valence-corrected chi connectivity index (χ4v) is 4.08. The van der Waals surface area contributed by atoms with E-state index in [0.717, 1.165) is 60.2 Å². The van der Waals surface area contributed by atoms with Gasteiger partial charge in [0.1, 0.15) is 11.9 Å². The van der Waals surface area contributed by atoms with Crippen LogP contribution in [0, 0.1) is 0 Å². The first-order valence-corrected chi connectivity index (χ1v) is 13.1. The number of rotatable bonds is 4. The predicted octanol–water partition coefficient (Wildman–Crippen LogP) is 6.93. The second-order valence-corrected chi connectivity index (χ2v) is 8.80. The highest BCUT2D eigenvalue weighted by Gasteiger charge is 2.27. The van der Waals surface area contributed by atoms with Crippen LogP contribution >= 0.6 is 0 Å². The number of hydrogen-bond acceptors (Lipinski definition) is 5. The monoisotopic (exact) mass is 492 g/mol. The summed E-state index contributed by atoms with van der Waals surface area (Å²) in [6.07, 6.45) is 12.2. The van der Waals surface area contributed by atoms with E-state index in [4.69, 9.17) is 14.2 Å². The van der Waals surface area contributed by atoms with Gasteiger partial charge < -0.3 is 24.8 Å². The Morgan fingerprint density at radius 2 is 1.47 bits per heavy atom. The smallest absolute Gasteiger partial charge is 0.265 e. The van der Waals surface area contributed by atoms with Gasteiger partial charge in [-0.25, -0.2) is 0 Å². The van der Waals surface area contributed by atoms with Crippen LogP contribution in [0.3, 0.4) is 0 Å². The molecule has 0 spiro atoms. The minimum Gasteiger partial charge on any atom is -0.486 e. The molecule has 0 bridgehead atoms. The van der Waals surface area contributed by atoms with Crippen LogP contribution < -0.4 is 20.1 Å². The first-order chi connectivity index (χ1) is 17.6. The van der Waals surface area contributed by atoms with Gasteiger partial charge >= 0.3 is 0 Å². The highest BCUT2D eigenvalue weighted by Crippen LogP contribution is 2.35. The number of hydrogen-bond donors (Lipinski definition) is 2. The van der Waals surface area contributed by atoms with Crippen molar-refractivity contribution >= 4 is 29.4 Å². The van der Waals surface area contributed by atoms with Crippen LogP contribution in [0.25, 0.3) is 12.2 Å². The minimum absolute atomic E-state index is 0.0624. The quantitative estimate of drug-likeness (QED) is 0.484. The standard InChI is InChI=1S/C13H15NO2.C13H17NO.C4H8O/c1-3-6-9-7-5-8-10-12(9)16-11(4-2)13(15)14-10;1-3-6-10-7-5-8-12-13(10)15-11(4-2)9-14-12;1-2-4-5-3-1/h3,5-8,11H,4H2,1-2H3,(H,14,15);3,5-8,11,14H,4,9H2,1-2H3;1-4H2. The van der Waals surface area contributed by atoms with Gasteiger partial charge in [-0.3, -0.25) is 4.79 Å². The molecule has 6 nitrogen and oxygen atoms in total. The molecule has 0 aliphatic carbocycles. The van der Waals surface area contributed by atoms with E-state index in [1.807, 2.05) is 57.2 Å². The summed E-state index contributed by atoms with van der Waals surface area (Å²) in [7, 11) is 0. The van der Waals surface area contributed by atoms with Crippen molar-refractivity contribution in [2.24, 2.45) is 0 Å². The van der Waals surface area contributed by atoms with Gasteiger partial charge in [0.05, 0.1) is 17.9 Å². The first-order valence-electron chi connectivity index (χ1n) is 13.1. The highest BCUT2D eigenvalue weighted by atomic mass is 16.5. The molecule has 5 rings (SSSR count). The van der Waals surface area contributed by atoms with Crippen molar-refractivity contribution in [2.45, 2.75) is 65.6 Å². The van der Waals surface area contributed by atoms with Crippen LogP contribution in [0.15, 0.2) is 48.6 Å². The Hall–Kier alpha value is -3.25. The van der Waals surface area contributed by atoms with Gasteiger partial charge in [-0.2, -0.15) is 0 Å². The second-order valence-electron chi connectivity index (χ2n) is 8.80. The molecule has 194 valence electrons. The van der Waals surface area contributed by atoms with E-state index < -0.39 is 0 Å². The lowest BCUT2D eigenvalue weighted by molar-refractivity contribution is -0.123. The van der Waals surface area contributed by atoms with E-state index in [0.29, 0.717) is 12.5 Å². The number of fused-ring (bicyclic) bond motifs is 2. The topological polar surface area (TPSA) is 68.8 Å². The lowest BCUT2D eigenvalue weighted by Gasteiger charge is -2.27. The van der Waals surface area contributed by atoms with Crippen molar-refractivity contribution in [2.75, 3.05) is 30.4 Å². The zero-order valence-corrected chi connectivity index (χ0v) is 22.0. The van der Waals surface area contributed by atoms with E-state index in [1.165, 1.54) is 12.8 Å². The van der Waals surface area contributed by atoms with Crippen LogP contribution in [0.1, 0.15) is 64.5 Å². The average molecular weight is 493 g/mol. The van der Waals surface area contributed by atoms with E-state index in [1.54, 1.807) is 0 Å². The van der Waals surface area contributed by atoms with Crippen molar-refractivity contribution in [3.63, 3.8) is 0 Å². The Morgan fingerprint density at radius 1 is 0.861 bits per heavy atom. The number of carbonyl (C=O) groups excluding carboxylic acids is 1. The molecule has 1 fully saturated rings. The van der Waals surface area contributed by atoms with Gasteiger partial charge in [0, 0.05) is 24.3 Å². The maximum absolute atomic E-state index is 11.6. The number of carbonyl (C=O) groups is 1. The van der Waals surface area contributed by atoms with Gasteiger partial charge in [0.25, 0.3) is 5.91 Å². The molecule has 1 saturated heterocycles. The molecule has 6 heteroatoms. The van der Waals surface area contributed by atoms with E-state index in [2.05, 4.69) is 41.8 Å². The number of amides is 1. The number of ether oxygens (including phenoxy) is 3. The molecule has 3 aliphatic heterocycles. The average Bonchev–Trinajstić information content (AvgIpc) is 3.50. The molecule has 2 aromatic rings. The van der Waals surface area contributed by atoms with Gasteiger partial charge in [-0.15, -0.1) is 0 Å². The van der Waals surface area contributed by atoms with Crippen molar-refractivity contribution in [1.82, 2.24) is 0 Å². The lowest BCUT2D eigenvalue weighted by atomic mass is 10.1.